The van der Waals surface area contributed by atoms with E-state index in [1.165, 1.54) is 10.6 Å². The first-order chi connectivity index (χ1) is 14.8. The molecule has 3 heterocycles. The van der Waals surface area contributed by atoms with Gasteiger partial charge in [-0.25, -0.2) is 13.4 Å². The van der Waals surface area contributed by atoms with Crippen molar-refractivity contribution in [2.75, 3.05) is 33.6 Å². The van der Waals surface area contributed by atoms with Crippen LogP contribution in [0.2, 0.25) is 0 Å². The number of hydrogen-bond donors (Lipinski definition) is 1. The number of nitrogens with zero attached hydrogens (tertiary/aromatic N) is 3. The molecule has 1 N–H and O–H groups in total. The molecule has 2 aromatic rings. The summed E-state index contributed by atoms with van der Waals surface area (Å²) in [5, 5.41) is 0. The Labute approximate surface area is 182 Å². The van der Waals surface area contributed by atoms with Crippen molar-refractivity contribution in [1.29, 1.82) is 0 Å². The van der Waals surface area contributed by atoms with Crippen LogP contribution in [-0.2, 0) is 29.5 Å². The number of benzene rings is 1. The van der Waals surface area contributed by atoms with Crippen molar-refractivity contribution in [3.63, 3.8) is 0 Å². The second kappa shape index (κ2) is 8.60. The van der Waals surface area contributed by atoms with Gasteiger partial charge in [0.25, 0.3) is 5.56 Å². The fourth-order valence-corrected chi connectivity index (χ4v) is 5.19. The van der Waals surface area contributed by atoms with Crippen LogP contribution >= 0.6 is 0 Å². The summed E-state index contributed by atoms with van der Waals surface area (Å²) in [6.45, 7) is 2.02. The molecule has 0 amide bonds. The summed E-state index contributed by atoms with van der Waals surface area (Å²) in [7, 11) is -0.108. The van der Waals surface area contributed by atoms with Gasteiger partial charge in [0.1, 0.15) is 5.82 Å². The Morgan fingerprint density at radius 1 is 1.19 bits per heavy atom. The highest BCUT2D eigenvalue weighted by Gasteiger charge is 2.31. The molecule has 2 aliphatic rings. The summed E-state index contributed by atoms with van der Waals surface area (Å²) >= 11 is 0. The van der Waals surface area contributed by atoms with Crippen LogP contribution in [0.15, 0.2) is 23.0 Å². The zero-order chi connectivity index (χ0) is 22.2. The van der Waals surface area contributed by atoms with Gasteiger partial charge in [0.2, 0.25) is 10.0 Å². The molecule has 1 aromatic heterocycles. The van der Waals surface area contributed by atoms with E-state index in [0.717, 1.165) is 24.9 Å². The van der Waals surface area contributed by atoms with Crippen LogP contribution in [0.25, 0.3) is 0 Å². The van der Waals surface area contributed by atoms with Crippen LogP contribution < -0.4 is 15.0 Å². The van der Waals surface area contributed by atoms with Crippen molar-refractivity contribution < 1.29 is 17.9 Å². The standard InChI is InChI=1S/C21H28N4O5S/c1-29-18-7-6-14(11-19(18)30-2)12-24-9-4-5-17(24)20-22-16-13-25(31(3,27)28)10-8-15(16)21(26)23-20/h6-7,11,17H,4-5,8-10,12-13H2,1-3H3,(H,22,23,26)/t17-/m0/s1. The number of nitrogens with one attached hydrogen (secondary N) is 1. The predicted molar refractivity (Wildman–Crippen MR) is 116 cm³/mol. The molecule has 1 aromatic carbocycles. The van der Waals surface area contributed by atoms with Crippen molar-refractivity contribution in [1.82, 2.24) is 19.2 Å². The van der Waals surface area contributed by atoms with Gasteiger partial charge in [0.05, 0.1) is 38.8 Å². The van der Waals surface area contributed by atoms with E-state index in [2.05, 4.69) is 9.88 Å². The van der Waals surface area contributed by atoms with Crippen molar-refractivity contribution in [3.05, 3.63) is 51.2 Å². The quantitative estimate of drug-likeness (QED) is 0.713. The molecule has 9 nitrogen and oxygen atoms in total. The minimum absolute atomic E-state index is 0.0280. The molecule has 1 saturated heterocycles. The number of fused-ring (bicyclic) bond motifs is 1. The van der Waals surface area contributed by atoms with Gasteiger partial charge >= 0.3 is 0 Å². The third-order valence-corrected chi connectivity index (χ3v) is 7.29. The van der Waals surface area contributed by atoms with Gasteiger partial charge in [-0.05, 0) is 43.5 Å². The van der Waals surface area contributed by atoms with E-state index in [1.54, 1.807) is 14.2 Å². The van der Waals surface area contributed by atoms with E-state index >= 15 is 0 Å². The summed E-state index contributed by atoms with van der Waals surface area (Å²) in [6.07, 6.45) is 3.44. The highest BCUT2D eigenvalue weighted by molar-refractivity contribution is 7.88. The maximum absolute atomic E-state index is 12.7. The minimum Gasteiger partial charge on any atom is -0.493 e. The van der Waals surface area contributed by atoms with Crippen LogP contribution in [0.5, 0.6) is 11.5 Å². The molecule has 168 valence electrons. The molecule has 0 aliphatic carbocycles. The van der Waals surface area contributed by atoms with Gasteiger partial charge in [-0.15, -0.1) is 0 Å². The first-order valence-electron chi connectivity index (χ1n) is 10.3. The van der Waals surface area contributed by atoms with E-state index < -0.39 is 10.0 Å². The average molecular weight is 449 g/mol. The van der Waals surface area contributed by atoms with Gasteiger partial charge in [0, 0.05) is 18.7 Å². The average Bonchev–Trinajstić information content (AvgIpc) is 3.20. The predicted octanol–water partition coefficient (Wildman–Crippen LogP) is 1.44. The third kappa shape index (κ3) is 4.46. The molecule has 0 radical (unpaired) electrons. The van der Waals surface area contributed by atoms with Crippen LogP contribution in [-0.4, -0.2) is 61.2 Å². The molecular weight excluding hydrogens is 420 g/mol. The molecule has 31 heavy (non-hydrogen) atoms. The SMILES string of the molecule is COc1ccc(CN2CCC[C@H]2c2nc3c(c(=O)[nH]2)CCN(S(C)(=O)=O)C3)cc1OC. The number of likely N-dealkylation sites (tertiary alicyclic amines) is 1. The Balaban J connectivity index is 1.59. The van der Waals surface area contributed by atoms with Crippen molar-refractivity contribution >= 4 is 10.0 Å². The van der Waals surface area contributed by atoms with Gasteiger partial charge in [0.15, 0.2) is 11.5 Å². The smallest absolute Gasteiger partial charge is 0.254 e. The van der Waals surface area contributed by atoms with E-state index in [9.17, 15) is 13.2 Å². The lowest BCUT2D eigenvalue weighted by atomic mass is 10.1. The molecule has 2 aliphatic heterocycles. The minimum atomic E-state index is -3.33. The van der Waals surface area contributed by atoms with Crippen molar-refractivity contribution in [3.8, 4) is 11.5 Å². The van der Waals surface area contributed by atoms with Crippen molar-refractivity contribution in [2.24, 2.45) is 0 Å². The summed E-state index contributed by atoms with van der Waals surface area (Å²) in [5.74, 6) is 1.97. The molecule has 0 spiro atoms. The third-order valence-electron chi connectivity index (χ3n) is 6.04. The maximum Gasteiger partial charge on any atom is 0.254 e. The highest BCUT2D eigenvalue weighted by atomic mass is 32.2. The fraction of sp³-hybridized carbons (Fsp3) is 0.524. The lowest BCUT2D eigenvalue weighted by molar-refractivity contribution is 0.237. The lowest BCUT2D eigenvalue weighted by Gasteiger charge is -2.28. The van der Waals surface area contributed by atoms with E-state index in [4.69, 9.17) is 14.5 Å². The second-order valence-corrected chi connectivity index (χ2v) is 10.0. The fourth-order valence-electron chi connectivity index (χ4n) is 4.41. The number of aromatic nitrogens is 2. The summed E-state index contributed by atoms with van der Waals surface area (Å²) in [5.41, 5.74) is 2.07. The number of aromatic amines is 1. The monoisotopic (exact) mass is 448 g/mol. The molecule has 0 saturated carbocycles. The Bertz CT molecular complexity index is 1130. The Kier molecular flexibility index (Phi) is 6.05. The normalized spacial score (nSPS) is 19.9. The molecule has 0 unspecified atom stereocenters. The largest absolute Gasteiger partial charge is 0.493 e. The van der Waals surface area contributed by atoms with Gasteiger partial charge in [-0.2, -0.15) is 4.31 Å². The maximum atomic E-state index is 12.7. The highest BCUT2D eigenvalue weighted by Crippen LogP contribution is 2.34. The molecule has 1 fully saturated rings. The van der Waals surface area contributed by atoms with E-state index in [1.807, 2.05) is 18.2 Å². The van der Waals surface area contributed by atoms with Gasteiger partial charge in [-0.3, -0.25) is 9.69 Å². The lowest BCUT2D eigenvalue weighted by Crippen LogP contribution is -2.39. The van der Waals surface area contributed by atoms with Crippen LogP contribution in [0, 0.1) is 0 Å². The Morgan fingerprint density at radius 2 is 1.97 bits per heavy atom. The molecular formula is C21H28N4O5S. The first-order valence-corrected chi connectivity index (χ1v) is 12.2. The summed E-state index contributed by atoms with van der Waals surface area (Å²) in [6, 6.07) is 5.82. The number of sulfonamides is 1. The Morgan fingerprint density at radius 3 is 2.68 bits per heavy atom. The van der Waals surface area contributed by atoms with E-state index in [-0.39, 0.29) is 18.1 Å². The zero-order valence-electron chi connectivity index (χ0n) is 18.1. The topological polar surface area (TPSA) is 105 Å². The Hall–Kier alpha value is -2.43. The van der Waals surface area contributed by atoms with Gasteiger partial charge in [-0.1, -0.05) is 6.07 Å². The number of methoxy groups -OCH3 is 2. The number of rotatable bonds is 6. The molecule has 4 rings (SSSR count). The number of ether oxygens (including phenoxy) is 2. The van der Waals surface area contributed by atoms with Crippen LogP contribution in [0.4, 0.5) is 0 Å². The first kappa shape index (κ1) is 21.8. The number of hydrogen-bond acceptors (Lipinski definition) is 7. The van der Waals surface area contributed by atoms with Crippen LogP contribution in [0.3, 0.4) is 0 Å². The zero-order valence-corrected chi connectivity index (χ0v) is 18.9. The summed E-state index contributed by atoms with van der Waals surface area (Å²) in [4.78, 5) is 22.7. The molecule has 10 heteroatoms. The van der Waals surface area contributed by atoms with Gasteiger partial charge < -0.3 is 14.5 Å². The van der Waals surface area contributed by atoms with Crippen molar-refractivity contribution in [2.45, 2.75) is 38.4 Å². The second-order valence-electron chi connectivity index (χ2n) is 8.04. The van der Waals surface area contributed by atoms with E-state index in [0.29, 0.717) is 48.1 Å². The summed E-state index contributed by atoms with van der Waals surface area (Å²) < 4.78 is 36.0. The molecule has 0 bridgehead atoms. The molecule has 1 atom stereocenters. The van der Waals surface area contributed by atoms with Crippen LogP contribution in [0.1, 0.15) is 41.5 Å². The number of H-pyrrole nitrogens is 1.